The number of benzene rings is 1. The van der Waals surface area contributed by atoms with Gasteiger partial charge >= 0.3 is 0 Å². The number of thiazole rings is 1. The van der Waals surface area contributed by atoms with Crippen LogP contribution in [-0.2, 0) is 0 Å². The molecule has 1 heterocycles. The van der Waals surface area contributed by atoms with Crippen molar-refractivity contribution in [2.24, 2.45) is 0 Å². The molecular weight excluding hydrogens is 267 g/mol. The molecule has 80 valence electrons. The summed E-state index contributed by atoms with van der Waals surface area (Å²) >= 11 is 12.5. The Labute approximate surface area is 106 Å². The van der Waals surface area contributed by atoms with E-state index in [0.717, 1.165) is 11.3 Å². The fourth-order valence-electron chi connectivity index (χ4n) is 0.999. The topological polar surface area (TPSA) is 45.9 Å². The fraction of sp³-hybridized carbons (Fsp3) is 0. The van der Waals surface area contributed by atoms with E-state index < -0.39 is 0 Å². The van der Waals surface area contributed by atoms with Crippen molar-refractivity contribution < 1.29 is 4.74 Å². The lowest BCUT2D eigenvalue weighted by molar-refractivity contribution is 0.479. The van der Waals surface area contributed by atoms with Gasteiger partial charge in [0, 0.05) is 5.02 Å². The van der Waals surface area contributed by atoms with Crippen LogP contribution in [-0.4, -0.2) is 4.98 Å². The highest BCUT2D eigenvalue weighted by molar-refractivity contribution is 7.14. The summed E-state index contributed by atoms with van der Waals surface area (Å²) < 4.78 is 5.41. The molecular formula is C10H4Cl2N2OS. The number of ether oxygens (including phenoxy) is 1. The predicted octanol–water partition coefficient (Wildman–Crippen LogP) is 4.11. The summed E-state index contributed by atoms with van der Waals surface area (Å²) in [5.74, 6) is 0.597. The van der Waals surface area contributed by atoms with Crippen molar-refractivity contribution in [2.45, 2.75) is 0 Å². The number of hydrogen-bond acceptors (Lipinski definition) is 4. The molecule has 0 aliphatic rings. The van der Waals surface area contributed by atoms with E-state index in [0.29, 0.717) is 20.8 Å². The quantitative estimate of drug-likeness (QED) is 0.825. The third-order valence-corrected chi connectivity index (χ3v) is 3.16. The van der Waals surface area contributed by atoms with Crippen molar-refractivity contribution in [3.8, 4) is 17.0 Å². The Bertz CT molecular complexity index is 545. The number of rotatable bonds is 2. The minimum absolute atomic E-state index is 0.163. The van der Waals surface area contributed by atoms with Gasteiger partial charge in [-0.05, 0) is 24.3 Å². The van der Waals surface area contributed by atoms with E-state index in [4.69, 9.17) is 33.2 Å². The highest BCUT2D eigenvalue weighted by Gasteiger charge is 2.10. The second-order valence-corrected chi connectivity index (χ2v) is 4.52. The Kier molecular flexibility index (Phi) is 3.30. The average molecular weight is 271 g/mol. The van der Waals surface area contributed by atoms with Crippen LogP contribution < -0.4 is 4.74 Å². The molecule has 2 aromatic rings. The van der Waals surface area contributed by atoms with E-state index in [1.807, 2.05) is 6.07 Å². The van der Waals surface area contributed by atoms with Crippen LogP contribution in [0.4, 0.5) is 0 Å². The summed E-state index contributed by atoms with van der Waals surface area (Å²) in [6.45, 7) is 0. The third-order valence-electron chi connectivity index (χ3n) is 1.69. The van der Waals surface area contributed by atoms with Crippen LogP contribution in [0, 0.1) is 11.3 Å². The molecule has 0 aliphatic carbocycles. The van der Waals surface area contributed by atoms with E-state index in [1.165, 1.54) is 0 Å². The minimum atomic E-state index is 0.163. The molecule has 0 saturated carbocycles. The first kappa shape index (κ1) is 11.2. The largest absolute Gasteiger partial charge is 0.431 e. The second kappa shape index (κ2) is 4.71. The van der Waals surface area contributed by atoms with E-state index in [2.05, 4.69) is 4.98 Å². The molecule has 0 atom stereocenters. The lowest BCUT2D eigenvalue weighted by atomic mass is 10.3. The van der Waals surface area contributed by atoms with Crippen molar-refractivity contribution in [1.29, 1.82) is 5.26 Å². The van der Waals surface area contributed by atoms with Crippen LogP contribution in [0.15, 0.2) is 24.3 Å². The molecule has 2 rings (SSSR count). The SMILES string of the molecule is N#Cc1sc(Oc2ccc(Cl)cc2)nc1Cl. The first-order valence-electron chi connectivity index (χ1n) is 4.19. The number of aromatic nitrogens is 1. The van der Waals surface area contributed by atoms with Gasteiger partial charge in [-0.2, -0.15) is 10.2 Å². The van der Waals surface area contributed by atoms with Crippen LogP contribution in [0.5, 0.6) is 10.9 Å². The van der Waals surface area contributed by atoms with Crippen LogP contribution >= 0.6 is 34.5 Å². The van der Waals surface area contributed by atoms with Crippen molar-refractivity contribution in [2.75, 3.05) is 0 Å². The Morgan fingerprint density at radius 3 is 2.50 bits per heavy atom. The average Bonchev–Trinajstić information content (AvgIpc) is 2.62. The zero-order chi connectivity index (χ0) is 11.5. The maximum absolute atomic E-state index is 8.70. The summed E-state index contributed by atoms with van der Waals surface area (Å²) in [6, 6.07) is 8.77. The van der Waals surface area contributed by atoms with Gasteiger partial charge in [0.1, 0.15) is 16.7 Å². The lowest BCUT2D eigenvalue weighted by Gasteiger charge is -2.00. The van der Waals surface area contributed by atoms with E-state index in [-0.39, 0.29) is 5.15 Å². The molecule has 0 aliphatic heterocycles. The molecule has 3 nitrogen and oxygen atoms in total. The number of hydrogen-bond donors (Lipinski definition) is 0. The highest BCUT2D eigenvalue weighted by atomic mass is 35.5. The monoisotopic (exact) mass is 270 g/mol. The molecule has 0 unspecified atom stereocenters. The van der Waals surface area contributed by atoms with Crippen LogP contribution in [0.2, 0.25) is 10.2 Å². The minimum Gasteiger partial charge on any atom is -0.431 e. The molecule has 1 aromatic carbocycles. The van der Waals surface area contributed by atoms with Gasteiger partial charge in [-0.3, -0.25) is 0 Å². The summed E-state index contributed by atoms with van der Waals surface area (Å²) in [5, 5.41) is 9.82. The molecule has 0 N–H and O–H groups in total. The van der Waals surface area contributed by atoms with Crippen LogP contribution in [0.3, 0.4) is 0 Å². The maximum atomic E-state index is 8.70. The summed E-state index contributed by atoms with van der Waals surface area (Å²) in [4.78, 5) is 4.24. The highest BCUT2D eigenvalue weighted by Crippen LogP contribution is 2.31. The molecule has 0 bridgehead atoms. The Morgan fingerprint density at radius 1 is 1.25 bits per heavy atom. The van der Waals surface area contributed by atoms with E-state index in [1.54, 1.807) is 24.3 Å². The first-order chi connectivity index (χ1) is 7.69. The van der Waals surface area contributed by atoms with Crippen LogP contribution in [0.25, 0.3) is 0 Å². The zero-order valence-corrected chi connectivity index (χ0v) is 10.1. The van der Waals surface area contributed by atoms with Gasteiger partial charge in [0.2, 0.25) is 0 Å². The van der Waals surface area contributed by atoms with Crippen molar-refractivity contribution >= 4 is 34.5 Å². The normalized spacial score (nSPS) is 9.81. The van der Waals surface area contributed by atoms with Gasteiger partial charge < -0.3 is 4.74 Å². The molecule has 1 aromatic heterocycles. The molecule has 16 heavy (non-hydrogen) atoms. The van der Waals surface area contributed by atoms with Crippen molar-refractivity contribution in [3.05, 3.63) is 39.3 Å². The lowest BCUT2D eigenvalue weighted by Crippen LogP contribution is -1.81. The predicted molar refractivity (Wildman–Crippen MR) is 63.4 cm³/mol. The Balaban J connectivity index is 2.21. The first-order valence-corrected chi connectivity index (χ1v) is 5.76. The Hall–Kier alpha value is -1.28. The summed E-state index contributed by atoms with van der Waals surface area (Å²) in [5.41, 5.74) is 0. The summed E-state index contributed by atoms with van der Waals surface area (Å²) in [7, 11) is 0. The molecule has 6 heteroatoms. The number of halogens is 2. The van der Waals surface area contributed by atoms with Gasteiger partial charge in [-0.25, -0.2) is 0 Å². The van der Waals surface area contributed by atoms with Crippen molar-refractivity contribution in [1.82, 2.24) is 4.98 Å². The fourth-order valence-corrected chi connectivity index (χ4v) is 2.04. The van der Waals surface area contributed by atoms with Gasteiger partial charge in [0.25, 0.3) is 5.19 Å². The smallest absolute Gasteiger partial charge is 0.281 e. The van der Waals surface area contributed by atoms with Gasteiger partial charge in [-0.15, -0.1) is 0 Å². The van der Waals surface area contributed by atoms with Gasteiger partial charge in [0.15, 0.2) is 5.15 Å². The van der Waals surface area contributed by atoms with E-state index in [9.17, 15) is 0 Å². The van der Waals surface area contributed by atoms with E-state index >= 15 is 0 Å². The number of nitrogens with zero attached hydrogens (tertiary/aromatic N) is 2. The van der Waals surface area contributed by atoms with Crippen LogP contribution in [0.1, 0.15) is 4.88 Å². The molecule has 0 amide bonds. The molecule has 0 fully saturated rings. The number of nitriles is 1. The standard InChI is InChI=1S/C10H4Cl2N2OS/c11-6-1-3-7(4-2-6)15-10-14-9(12)8(5-13)16-10/h1-4H. The Morgan fingerprint density at radius 2 is 1.94 bits per heavy atom. The molecule has 0 spiro atoms. The molecule has 0 radical (unpaired) electrons. The molecule has 0 saturated heterocycles. The maximum Gasteiger partial charge on any atom is 0.281 e. The van der Waals surface area contributed by atoms with Gasteiger partial charge in [-0.1, -0.05) is 34.5 Å². The second-order valence-electron chi connectivity index (χ2n) is 2.77. The van der Waals surface area contributed by atoms with Gasteiger partial charge in [0.05, 0.1) is 0 Å². The summed E-state index contributed by atoms with van der Waals surface area (Å²) in [6.07, 6.45) is 0. The zero-order valence-electron chi connectivity index (χ0n) is 7.78. The third kappa shape index (κ3) is 2.45. The van der Waals surface area contributed by atoms with Crippen molar-refractivity contribution in [3.63, 3.8) is 0 Å².